The molecule has 5 N–H and O–H groups in total. The van der Waals surface area contributed by atoms with Crippen LogP contribution in [0.25, 0.3) is 0 Å². The summed E-state index contributed by atoms with van der Waals surface area (Å²) in [5.41, 5.74) is 4.78. The number of hydrogen-bond donors (Lipinski definition) is 4. The van der Waals surface area contributed by atoms with Crippen molar-refractivity contribution in [1.82, 2.24) is 20.9 Å². The quantitative estimate of drug-likeness (QED) is 0.0967. The van der Waals surface area contributed by atoms with Crippen LogP contribution in [0.2, 0.25) is 0 Å². The van der Waals surface area contributed by atoms with E-state index in [9.17, 15) is 24.0 Å². The van der Waals surface area contributed by atoms with Gasteiger partial charge in [-0.15, -0.1) is 11.3 Å². The van der Waals surface area contributed by atoms with Gasteiger partial charge < -0.3 is 35.9 Å². The first-order valence-corrected chi connectivity index (χ1v) is 15.7. The summed E-state index contributed by atoms with van der Waals surface area (Å²) >= 11 is 3.10. The number of benzene rings is 1. The summed E-state index contributed by atoms with van der Waals surface area (Å²) in [6, 6.07) is 5.91. The zero-order valence-corrected chi connectivity index (χ0v) is 27.5. The van der Waals surface area contributed by atoms with E-state index in [1.54, 1.807) is 6.92 Å². The number of aromatic nitrogens is 1. The topological polar surface area (TPSA) is 188 Å². The lowest BCUT2D eigenvalue weighted by Gasteiger charge is -2.31. The van der Waals surface area contributed by atoms with Crippen LogP contribution in [0.5, 0.6) is 0 Å². The van der Waals surface area contributed by atoms with Gasteiger partial charge in [0.25, 0.3) is 5.91 Å². The molecule has 0 aliphatic rings. The van der Waals surface area contributed by atoms with Crippen LogP contribution in [0.4, 0.5) is 0 Å². The zero-order valence-electron chi connectivity index (χ0n) is 24.5. The number of rotatable bonds is 18. The summed E-state index contributed by atoms with van der Waals surface area (Å²) < 4.78 is 15.8. The summed E-state index contributed by atoms with van der Waals surface area (Å²) in [7, 11) is 2.72. The predicted molar refractivity (Wildman–Crippen MR) is 168 cm³/mol. The molecule has 0 spiro atoms. The Morgan fingerprint density at radius 1 is 0.977 bits per heavy atom. The maximum atomic E-state index is 13.7. The van der Waals surface area contributed by atoms with E-state index in [-0.39, 0.29) is 24.1 Å². The highest BCUT2D eigenvalue weighted by molar-refractivity contribution is 14.1. The van der Waals surface area contributed by atoms with E-state index in [1.807, 2.05) is 52.9 Å². The average Bonchev–Trinajstić information content (AvgIpc) is 3.44. The van der Waals surface area contributed by atoms with Crippen LogP contribution in [0.3, 0.4) is 0 Å². The number of aryl methyl sites for hydroxylation is 2. The van der Waals surface area contributed by atoms with E-state index in [1.165, 1.54) is 38.7 Å². The van der Waals surface area contributed by atoms with Crippen LogP contribution < -0.4 is 21.7 Å². The van der Waals surface area contributed by atoms with E-state index in [2.05, 4.69) is 20.9 Å². The van der Waals surface area contributed by atoms with Crippen molar-refractivity contribution in [3.63, 3.8) is 0 Å². The van der Waals surface area contributed by atoms with Crippen LogP contribution in [0.1, 0.15) is 33.6 Å². The van der Waals surface area contributed by atoms with Crippen molar-refractivity contribution >= 4 is 63.4 Å². The Labute approximate surface area is 268 Å². The molecule has 0 unspecified atom stereocenters. The van der Waals surface area contributed by atoms with Gasteiger partial charge in [0.2, 0.25) is 11.8 Å². The molecule has 0 saturated heterocycles. The van der Waals surface area contributed by atoms with Gasteiger partial charge >= 0.3 is 5.97 Å². The predicted octanol–water partition coefficient (Wildman–Crippen LogP) is 0.710. The molecule has 0 bridgehead atoms. The number of Topliss-reactive ketones (excluding diaryl/α,β-unsaturated/α-hetero) is 1. The molecule has 0 radical (unpaired) electrons. The van der Waals surface area contributed by atoms with Gasteiger partial charge in [0.15, 0.2) is 11.4 Å². The molecule has 13 nitrogen and oxygen atoms in total. The van der Waals surface area contributed by atoms with Gasteiger partial charge in [-0.25, -0.2) is 4.98 Å². The zero-order chi connectivity index (χ0) is 32.0. The van der Waals surface area contributed by atoms with Gasteiger partial charge in [0, 0.05) is 18.6 Å². The van der Waals surface area contributed by atoms with E-state index in [0.717, 1.165) is 5.56 Å². The number of nitrogens with two attached hydrogens (primary N) is 1. The first-order valence-electron chi connectivity index (χ1n) is 13.4. The van der Waals surface area contributed by atoms with Crippen molar-refractivity contribution in [2.24, 2.45) is 5.73 Å². The average molecular weight is 732 g/mol. The minimum absolute atomic E-state index is 0.114. The fraction of sp³-hybridized carbons (Fsp3) is 0.500. The molecule has 4 atom stereocenters. The van der Waals surface area contributed by atoms with Gasteiger partial charge in [-0.2, -0.15) is 0 Å². The number of nitrogens with one attached hydrogen (secondary N) is 3. The summed E-state index contributed by atoms with van der Waals surface area (Å²) in [6.45, 7) is 2.40. The third kappa shape index (κ3) is 11.2. The van der Waals surface area contributed by atoms with Crippen molar-refractivity contribution in [3.8, 4) is 0 Å². The third-order valence-corrected chi connectivity index (χ3v) is 8.61. The van der Waals surface area contributed by atoms with Gasteiger partial charge in [0.1, 0.15) is 17.0 Å². The Morgan fingerprint density at radius 3 is 2.07 bits per heavy atom. The number of ether oxygens (including phenoxy) is 3. The molecule has 15 heteroatoms. The molecule has 0 aliphatic carbocycles. The lowest BCUT2D eigenvalue weighted by molar-refractivity contribution is -0.163. The van der Waals surface area contributed by atoms with Crippen LogP contribution in [0.15, 0.2) is 36.5 Å². The molecule has 0 aliphatic heterocycles. The molecule has 1 aromatic carbocycles. The van der Waals surface area contributed by atoms with Gasteiger partial charge in [-0.3, -0.25) is 24.0 Å². The van der Waals surface area contributed by atoms with Crippen molar-refractivity contribution in [2.45, 2.75) is 50.4 Å². The van der Waals surface area contributed by atoms with Crippen LogP contribution in [0, 0.1) is 6.92 Å². The first-order chi connectivity index (χ1) is 20.5. The van der Waals surface area contributed by atoms with E-state index >= 15 is 0 Å². The Morgan fingerprint density at radius 2 is 1.56 bits per heavy atom. The van der Waals surface area contributed by atoms with E-state index in [4.69, 9.17) is 19.9 Å². The maximum Gasteiger partial charge on any atom is 0.320 e. The lowest BCUT2D eigenvalue weighted by Crippen LogP contribution is -2.60. The number of carbonyl (C=O) groups excluding carboxylic acids is 5. The number of methoxy groups -OCH3 is 2. The van der Waals surface area contributed by atoms with Gasteiger partial charge in [0.05, 0.1) is 37.0 Å². The number of thiazole rings is 1. The highest BCUT2D eigenvalue weighted by atomic mass is 127. The van der Waals surface area contributed by atoms with Crippen molar-refractivity contribution in [2.75, 3.05) is 38.4 Å². The van der Waals surface area contributed by atoms with Crippen molar-refractivity contribution in [1.29, 1.82) is 0 Å². The van der Waals surface area contributed by atoms with Crippen molar-refractivity contribution in [3.05, 3.63) is 52.0 Å². The van der Waals surface area contributed by atoms with Crippen LogP contribution in [-0.4, -0.2) is 96.6 Å². The minimum atomic E-state index is -1.56. The van der Waals surface area contributed by atoms with E-state index in [0.29, 0.717) is 16.3 Å². The number of carbonyl (C=O) groups is 5. The van der Waals surface area contributed by atoms with Crippen molar-refractivity contribution < 1.29 is 38.2 Å². The van der Waals surface area contributed by atoms with Crippen LogP contribution >= 0.6 is 33.9 Å². The smallest absolute Gasteiger partial charge is 0.320 e. The summed E-state index contributed by atoms with van der Waals surface area (Å²) in [5.74, 6) is -3.21. The number of hydrogen-bond acceptors (Lipinski definition) is 11. The lowest BCUT2D eigenvalue weighted by atomic mass is 9.92. The number of amides is 3. The molecular weight excluding hydrogens is 693 g/mol. The Hall–Kier alpha value is -2.99. The monoisotopic (exact) mass is 731 g/mol. The fourth-order valence-corrected chi connectivity index (χ4v) is 5.18. The Bertz CT molecular complexity index is 1250. The van der Waals surface area contributed by atoms with Crippen LogP contribution in [-0.2, 0) is 39.8 Å². The highest BCUT2D eigenvalue weighted by Gasteiger charge is 2.41. The summed E-state index contributed by atoms with van der Waals surface area (Å²) in [5, 5.41) is 8.57. The SMILES string of the molecule is COC[C@H](NC(=O)c1cnc(C)s1)C(=O)N[C@@H](COC)C(=O)N[C@@H](CCc1ccccc1)C(=O)[C@@](C)(CI)OC(=O)CN. The number of ketones is 1. The second-order valence-electron chi connectivity index (χ2n) is 9.73. The fourth-order valence-electron chi connectivity index (χ4n) is 3.97. The standard InChI is InChI=1S/C28H38IN5O8S/c1-17-31-13-22(43-17)27(39)34-21(15-41-4)26(38)33-20(14-40-3)25(37)32-19(11-10-18-8-6-5-7-9-18)24(36)28(2,16-29)42-23(35)12-30/h5-9,13,19-21H,10-12,14-16,30H2,1-4H3,(H,32,37)(H,33,38)(H,34,39)/t19-,20-,21-,28+/m0/s1. The summed E-state index contributed by atoms with van der Waals surface area (Å²) in [4.78, 5) is 69.5. The minimum Gasteiger partial charge on any atom is -0.449 e. The Kier molecular flexibility index (Phi) is 15.1. The largest absolute Gasteiger partial charge is 0.449 e. The molecule has 0 saturated carbocycles. The third-order valence-electron chi connectivity index (χ3n) is 6.25. The highest BCUT2D eigenvalue weighted by Crippen LogP contribution is 2.21. The molecule has 1 heterocycles. The molecular formula is C28H38IN5O8S. The van der Waals surface area contributed by atoms with Gasteiger partial charge in [-0.1, -0.05) is 52.9 Å². The maximum absolute atomic E-state index is 13.7. The molecule has 1 aromatic heterocycles. The molecule has 2 rings (SSSR count). The molecule has 43 heavy (non-hydrogen) atoms. The molecule has 0 fully saturated rings. The Balaban J connectivity index is 2.25. The van der Waals surface area contributed by atoms with Gasteiger partial charge in [-0.05, 0) is 32.3 Å². The first kappa shape index (κ1) is 36.2. The molecule has 2 aromatic rings. The number of halogens is 1. The number of alkyl halides is 1. The summed E-state index contributed by atoms with van der Waals surface area (Å²) in [6.07, 6.45) is 2.02. The van der Waals surface area contributed by atoms with E-state index < -0.39 is 59.7 Å². The number of nitrogens with zero attached hydrogens (tertiary/aromatic N) is 1. The second-order valence-corrected chi connectivity index (χ2v) is 11.7. The second kappa shape index (κ2) is 18.0. The molecule has 236 valence electrons. The molecule has 3 amide bonds. The number of esters is 1. The normalized spacial score (nSPS) is 14.5.